The number of hydrogen-bond acceptors (Lipinski definition) is 4. The van der Waals surface area contributed by atoms with Gasteiger partial charge in [-0.25, -0.2) is 0 Å². The molecule has 0 heterocycles. The van der Waals surface area contributed by atoms with Crippen molar-refractivity contribution >= 4 is 34.5 Å². The summed E-state index contributed by atoms with van der Waals surface area (Å²) in [4.78, 5) is 2.19. The van der Waals surface area contributed by atoms with Crippen LogP contribution in [0.3, 0.4) is 0 Å². The maximum atomic E-state index is 11.1. The van der Waals surface area contributed by atoms with Crippen LogP contribution in [-0.4, -0.2) is 13.0 Å². The van der Waals surface area contributed by atoms with Gasteiger partial charge in [-0.15, -0.1) is 12.6 Å². The molecule has 0 amide bonds. The first-order valence-corrected chi connectivity index (χ1v) is 7.70. The summed E-state index contributed by atoms with van der Waals surface area (Å²) in [6.07, 6.45) is 0. The van der Waals surface area contributed by atoms with Crippen molar-refractivity contribution in [3.8, 4) is 0 Å². The molecule has 7 heteroatoms. The third-order valence-electron chi connectivity index (χ3n) is 2.20. The Balaban J connectivity index is 0.00000180. The van der Waals surface area contributed by atoms with Crippen LogP contribution >= 0.6 is 24.4 Å². The largest absolute Gasteiger partial charge is 1.00 e. The molecule has 0 aliphatic carbocycles. The second-order valence-corrected chi connectivity index (χ2v) is 6.54. The molecule has 3 nitrogen and oxygen atoms in total. The van der Waals surface area contributed by atoms with Gasteiger partial charge in [0.25, 0.3) is 10.1 Å². The summed E-state index contributed by atoms with van der Waals surface area (Å²) >= 11 is 5.67. The zero-order chi connectivity index (χ0) is 13.2. The van der Waals surface area contributed by atoms with E-state index in [0.29, 0.717) is 9.79 Å². The van der Waals surface area contributed by atoms with Crippen molar-refractivity contribution in [2.45, 2.75) is 19.6 Å². The Bertz CT molecular complexity index is 657. The van der Waals surface area contributed by atoms with Gasteiger partial charge in [-0.05, 0) is 30.3 Å². The van der Waals surface area contributed by atoms with Gasteiger partial charge >= 0.3 is 29.6 Å². The molecule has 0 saturated heterocycles. The molecule has 0 aliphatic heterocycles. The van der Waals surface area contributed by atoms with Crippen LogP contribution in [0.1, 0.15) is 0 Å². The van der Waals surface area contributed by atoms with E-state index >= 15 is 0 Å². The van der Waals surface area contributed by atoms with Crippen LogP contribution in [0.2, 0.25) is 0 Å². The Labute approximate surface area is 144 Å². The van der Waals surface area contributed by atoms with Crippen LogP contribution in [0.25, 0.3) is 0 Å². The minimum atomic E-state index is -4.18. The van der Waals surface area contributed by atoms with Gasteiger partial charge in [-0.3, -0.25) is 4.55 Å². The summed E-state index contributed by atoms with van der Waals surface area (Å²) in [6, 6.07) is 13.8. The van der Waals surface area contributed by atoms with E-state index in [1.165, 1.54) is 23.9 Å². The van der Waals surface area contributed by atoms with E-state index in [9.17, 15) is 8.42 Å². The van der Waals surface area contributed by atoms with Crippen molar-refractivity contribution in [2.75, 3.05) is 0 Å². The smallest absolute Gasteiger partial charge is 0.282 e. The van der Waals surface area contributed by atoms with Gasteiger partial charge < -0.3 is 0 Å². The van der Waals surface area contributed by atoms with Gasteiger partial charge in [0.1, 0.15) is 0 Å². The van der Waals surface area contributed by atoms with Gasteiger partial charge in [-0.1, -0.05) is 30.0 Å². The van der Waals surface area contributed by atoms with Crippen molar-refractivity contribution in [1.82, 2.24) is 0 Å². The van der Waals surface area contributed by atoms with E-state index in [4.69, 9.17) is 4.55 Å². The van der Waals surface area contributed by atoms with E-state index in [-0.39, 0.29) is 34.5 Å². The van der Waals surface area contributed by atoms with E-state index in [1.807, 2.05) is 30.3 Å². The van der Waals surface area contributed by atoms with Crippen LogP contribution in [0.4, 0.5) is 0 Å². The fourth-order valence-electron chi connectivity index (χ4n) is 1.35. The zero-order valence-electron chi connectivity index (χ0n) is 10.1. The van der Waals surface area contributed by atoms with Crippen molar-refractivity contribution in [3.63, 3.8) is 0 Å². The molecule has 0 radical (unpaired) electrons. The molecule has 1 N–H and O–H groups in total. The summed E-state index contributed by atoms with van der Waals surface area (Å²) in [6.45, 7) is 0. The maximum Gasteiger partial charge on any atom is 1.00 e. The Hall–Kier alpha value is 0.0500. The van der Waals surface area contributed by atoms with Crippen molar-refractivity contribution < 1.29 is 42.5 Å². The molecule has 2 aromatic rings. The average Bonchev–Trinajstić information content (AvgIpc) is 2.32. The molecule has 0 bridgehead atoms. The first-order chi connectivity index (χ1) is 8.47. The second-order valence-electron chi connectivity index (χ2n) is 3.52. The summed E-state index contributed by atoms with van der Waals surface area (Å²) in [5.74, 6) is 0. The normalized spacial score (nSPS) is 10.8. The van der Waals surface area contributed by atoms with E-state index in [2.05, 4.69) is 12.6 Å². The maximum absolute atomic E-state index is 11.1. The molecule has 2 aromatic carbocycles. The van der Waals surface area contributed by atoms with Gasteiger partial charge in [-0.2, -0.15) is 8.42 Å². The SMILES string of the molecule is O=S(=O)(O)c1ccc(S)c(Sc2ccccc2)c1.[Na+]. The average molecular weight is 321 g/mol. The number of hydrogen-bond donors (Lipinski definition) is 2. The first kappa shape index (κ1) is 17.1. The van der Waals surface area contributed by atoms with E-state index in [0.717, 1.165) is 4.90 Å². The molecular weight excluding hydrogens is 311 g/mol. The fourth-order valence-corrected chi connectivity index (χ4v) is 3.12. The van der Waals surface area contributed by atoms with Gasteiger partial charge in [0.05, 0.1) is 4.90 Å². The molecule has 0 saturated carbocycles. The minimum absolute atomic E-state index is 0. The quantitative estimate of drug-likeness (QED) is 0.487. The van der Waals surface area contributed by atoms with Crippen molar-refractivity contribution in [3.05, 3.63) is 48.5 Å². The molecule has 19 heavy (non-hydrogen) atoms. The molecule has 0 spiro atoms. The summed E-state index contributed by atoms with van der Waals surface area (Å²) in [5.41, 5.74) is 0. The topological polar surface area (TPSA) is 54.4 Å². The number of thiol groups is 1. The third kappa shape index (κ3) is 4.82. The standard InChI is InChI=1S/C12H10O3S3.Na/c13-18(14,15)10-6-7-11(16)12(8-10)17-9-4-2-1-3-5-9;/h1-8,16H,(H,13,14,15);/q;+1. The third-order valence-corrected chi connectivity index (χ3v) is 4.66. The first-order valence-electron chi connectivity index (χ1n) is 5.00. The van der Waals surface area contributed by atoms with Crippen LogP contribution in [-0.2, 0) is 10.1 Å². The van der Waals surface area contributed by atoms with Gasteiger partial charge in [0.15, 0.2) is 0 Å². The van der Waals surface area contributed by atoms with E-state index in [1.54, 1.807) is 6.07 Å². The predicted octanol–water partition coefficient (Wildman–Crippen LogP) is 0.377. The summed E-state index contributed by atoms with van der Waals surface area (Å²) in [5, 5.41) is 0. The molecule has 0 atom stereocenters. The molecule has 94 valence electrons. The van der Waals surface area contributed by atoms with E-state index < -0.39 is 10.1 Å². The van der Waals surface area contributed by atoms with Crippen molar-refractivity contribution in [2.24, 2.45) is 0 Å². The van der Waals surface area contributed by atoms with Crippen LogP contribution < -0.4 is 29.6 Å². The molecule has 0 aliphatic rings. The molecule has 2 rings (SSSR count). The van der Waals surface area contributed by atoms with Crippen molar-refractivity contribution in [1.29, 1.82) is 0 Å². The summed E-state index contributed by atoms with van der Waals surface area (Å²) in [7, 11) is -4.18. The predicted molar refractivity (Wildman–Crippen MR) is 74.1 cm³/mol. The minimum Gasteiger partial charge on any atom is -0.282 e. The Morgan fingerprint density at radius 1 is 1.05 bits per heavy atom. The summed E-state index contributed by atoms with van der Waals surface area (Å²) < 4.78 is 31.1. The van der Waals surface area contributed by atoms with Crippen LogP contribution in [0, 0.1) is 0 Å². The number of rotatable bonds is 3. The van der Waals surface area contributed by atoms with Gasteiger partial charge in [0.2, 0.25) is 0 Å². The fraction of sp³-hybridized carbons (Fsp3) is 0. The van der Waals surface area contributed by atoms with Crippen LogP contribution in [0.5, 0.6) is 0 Å². The Kier molecular flexibility index (Phi) is 6.46. The second kappa shape index (κ2) is 7.17. The van der Waals surface area contributed by atoms with Crippen LogP contribution in [0.15, 0.2) is 68.1 Å². The Morgan fingerprint density at radius 3 is 2.26 bits per heavy atom. The zero-order valence-corrected chi connectivity index (χ0v) is 14.7. The molecule has 0 aromatic heterocycles. The molecular formula is C12H10NaO3S3+. The molecule has 0 fully saturated rings. The monoisotopic (exact) mass is 321 g/mol. The Morgan fingerprint density at radius 2 is 1.68 bits per heavy atom. The molecule has 0 unspecified atom stereocenters. The van der Waals surface area contributed by atoms with Gasteiger partial charge in [0, 0.05) is 14.7 Å². The number of benzene rings is 2.